The minimum Gasteiger partial charge on any atom is -0.324 e. The lowest BCUT2D eigenvalue weighted by atomic mass is 10.3. The van der Waals surface area contributed by atoms with Gasteiger partial charge in [-0.25, -0.2) is 13.8 Å². The molecule has 21 heavy (non-hydrogen) atoms. The lowest BCUT2D eigenvalue weighted by Crippen LogP contribution is -2.14. The van der Waals surface area contributed by atoms with E-state index in [2.05, 4.69) is 10.3 Å². The SMILES string of the molecule is CSc1ccc(NC(=O)CSc2ccc(F)c(F)c2)cn1. The maximum absolute atomic E-state index is 13.0. The molecule has 0 radical (unpaired) electrons. The maximum Gasteiger partial charge on any atom is 0.234 e. The highest BCUT2D eigenvalue weighted by Gasteiger charge is 2.07. The van der Waals surface area contributed by atoms with Gasteiger partial charge in [-0.1, -0.05) is 0 Å². The van der Waals surface area contributed by atoms with Gasteiger partial charge >= 0.3 is 0 Å². The number of carbonyl (C=O) groups is 1. The van der Waals surface area contributed by atoms with Crippen LogP contribution >= 0.6 is 23.5 Å². The number of carbonyl (C=O) groups excluding carboxylic acids is 1. The molecule has 2 rings (SSSR count). The van der Waals surface area contributed by atoms with Gasteiger partial charge in [-0.2, -0.15) is 0 Å². The predicted molar refractivity (Wildman–Crippen MR) is 81.7 cm³/mol. The number of amides is 1. The molecular formula is C14H12F2N2OS2. The molecule has 0 bridgehead atoms. The van der Waals surface area contributed by atoms with E-state index in [1.165, 1.54) is 17.8 Å². The number of benzene rings is 1. The van der Waals surface area contributed by atoms with Crippen LogP contribution in [0.4, 0.5) is 14.5 Å². The van der Waals surface area contributed by atoms with Crippen LogP contribution in [0.2, 0.25) is 0 Å². The van der Waals surface area contributed by atoms with Gasteiger partial charge in [0.15, 0.2) is 11.6 Å². The lowest BCUT2D eigenvalue weighted by Gasteiger charge is -2.05. The number of rotatable bonds is 5. The van der Waals surface area contributed by atoms with E-state index < -0.39 is 11.6 Å². The van der Waals surface area contributed by atoms with Crippen LogP contribution in [0.5, 0.6) is 0 Å². The Morgan fingerprint density at radius 2 is 2.05 bits per heavy atom. The van der Waals surface area contributed by atoms with Crippen molar-refractivity contribution in [1.82, 2.24) is 4.98 Å². The van der Waals surface area contributed by atoms with Crippen molar-refractivity contribution in [2.45, 2.75) is 9.92 Å². The summed E-state index contributed by atoms with van der Waals surface area (Å²) in [6, 6.07) is 7.12. The van der Waals surface area contributed by atoms with Crippen LogP contribution in [0.15, 0.2) is 46.5 Å². The zero-order valence-corrected chi connectivity index (χ0v) is 12.7. The minimum absolute atomic E-state index is 0.106. The van der Waals surface area contributed by atoms with Crippen LogP contribution < -0.4 is 5.32 Å². The molecule has 1 amide bonds. The fourth-order valence-corrected chi connectivity index (χ4v) is 2.57. The molecule has 0 aliphatic heterocycles. The van der Waals surface area contributed by atoms with Gasteiger partial charge in [0.25, 0.3) is 0 Å². The van der Waals surface area contributed by atoms with Gasteiger partial charge in [0.05, 0.1) is 22.7 Å². The van der Waals surface area contributed by atoms with Crippen molar-refractivity contribution in [2.24, 2.45) is 0 Å². The summed E-state index contributed by atoms with van der Waals surface area (Å²) in [4.78, 5) is 16.4. The second-order valence-electron chi connectivity index (χ2n) is 4.00. The van der Waals surface area contributed by atoms with Crippen molar-refractivity contribution < 1.29 is 13.6 Å². The molecule has 0 saturated heterocycles. The summed E-state index contributed by atoms with van der Waals surface area (Å²) in [6.07, 6.45) is 3.49. The number of thioether (sulfide) groups is 2. The van der Waals surface area contributed by atoms with Gasteiger partial charge in [-0.05, 0) is 36.6 Å². The number of hydrogen-bond acceptors (Lipinski definition) is 4. The molecule has 3 nitrogen and oxygen atoms in total. The molecular weight excluding hydrogens is 314 g/mol. The zero-order valence-electron chi connectivity index (χ0n) is 11.1. The van der Waals surface area contributed by atoms with Crippen molar-refractivity contribution in [3.8, 4) is 0 Å². The molecule has 0 atom stereocenters. The summed E-state index contributed by atoms with van der Waals surface area (Å²) in [6.45, 7) is 0. The number of halogens is 2. The molecule has 7 heteroatoms. The van der Waals surface area contributed by atoms with Crippen molar-refractivity contribution >= 4 is 35.1 Å². The average Bonchev–Trinajstić information content (AvgIpc) is 2.49. The van der Waals surface area contributed by atoms with Gasteiger partial charge < -0.3 is 5.32 Å². The van der Waals surface area contributed by atoms with Crippen LogP contribution in [-0.4, -0.2) is 22.9 Å². The molecule has 1 heterocycles. The van der Waals surface area contributed by atoms with Crippen molar-refractivity contribution in [2.75, 3.05) is 17.3 Å². The molecule has 1 N–H and O–H groups in total. The summed E-state index contributed by atoms with van der Waals surface area (Å²) >= 11 is 2.65. The Morgan fingerprint density at radius 1 is 1.24 bits per heavy atom. The van der Waals surface area contributed by atoms with Gasteiger partial charge in [0.2, 0.25) is 5.91 Å². The van der Waals surface area contributed by atoms with E-state index in [0.717, 1.165) is 28.9 Å². The fourth-order valence-electron chi connectivity index (χ4n) is 1.49. The van der Waals surface area contributed by atoms with Crippen LogP contribution in [0, 0.1) is 11.6 Å². The van der Waals surface area contributed by atoms with E-state index in [9.17, 15) is 13.6 Å². The van der Waals surface area contributed by atoms with E-state index >= 15 is 0 Å². The molecule has 1 aromatic carbocycles. The topological polar surface area (TPSA) is 42.0 Å². The number of nitrogens with one attached hydrogen (secondary N) is 1. The third-order valence-corrected chi connectivity index (χ3v) is 4.14. The van der Waals surface area contributed by atoms with E-state index in [4.69, 9.17) is 0 Å². The first-order valence-corrected chi connectivity index (χ1v) is 8.17. The monoisotopic (exact) mass is 326 g/mol. The van der Waals surface area contributed by atoms with Crippen molar-refractivity contribution in [1.29, 1.82) is 0 Å². The smallest absolute Gasteiger partial charge is 0.234 e. The molecule has 0 aliphatic rings. The summed E-state index contributed by atoms with van der Waals surface area (Å²) < 4.78 is 25.8. The molecule has 0 spiro atoms. The largest absolute Gasteiger partial charge is 0.324 e. The Labute approximate surface area is 129 Å². The van der Waals surface area contributed by atoms with Crippen LogP contribution in [0.1, 0.15) is 0 Å². The van der Waals surface area contributed by atoms with Crippen molar-refractivity contribution in [3.05, 3.63) is 48.2 Å². The average molecular weight is 326 g/mol. The number of nitrogens with zero attached hydrogens (tertiary/aromatic N) is 1. The van der Waals surface area contributed by atoms with E-state index in [0.29, 0.717) is 10.6 Å². The highest BCUT2D eigenvalue weighted by Crippen LogP contribution is 2.21. The fraction of sp³-hybridized carbons (Fsp3) is 0.143. The minimum atomic E-state index is -0.919. The summed E-state index contributed by atoms with van der Waals surface area (Å²) in [5, 5.41) is 3.56. The maximum atomic E-state index is 13.0. The number of aromatic nitrogens is 1. The predicted octanol–water partition coefficient (Wildman–Crippen LogP) is 3.81. The van der Waals surface area contributed by atoms with Crippen LogP contribution in [0.3, 0.4) is 0 Å². The van der Waals surface area contributed by atoms with Crippen molar-refractivity contribution in [3.63, 3.8) is 0 Å². The molecule has 0 saturated carbocycles. The Bertz CT molecular complexity index is 635. The van der Waals surface area contributed by atoms with Gasteiger partial charge in [-0.15, -0.1) is 23.5 Å². The zero-order chi connectivity index (χ0) is 15.2. The first-order valence-electron chi connectivity index (χ1n) is 5.96. The molecule has 0 unspecified atom stereocenters. The number of pyridine rings is 1. The molecule has 2 aromatic rings. The van der Waals surface area contributed by atoms with Gasteiger partial charge in [0.1, 0.15) is 0 Å². The second kappa shape index (κ2) is 7.42. The van der Waals surface area contributed by atoms with E-state index in [-0.39, 0.29) is 11.7 Å². The molecule has 110 valence electrons. The van der Waals surface area contributed by atoms with Gasteiger partial charge in [-0.3, -0.25) is 4.79 Å². The summed E-state index contributed by atoms with van der Waals surface area (Å²) in [5.41, 5.74) is 0.601. The van der Waals surface area contributed by atoms with E-state index in [1.54, 1.807) is 12.3 Å². The molecule has 1 aromatic heterocycles. The summed E-state index contributed by atoms with van der Waals surface area (Å²) in [5.74, 6) is -1.94. The summed E-state index contributed by atoms with van der Waals surface area (Å²) in [7, 11) is 0. The quantitative estimate of drug-likeness (QED) is 0.848. The first-order chi connectivity index (χ1) is 10.1. The third-order valence-electron chi connectivity index (χ3n) is 2.49. The Kier molecular flexibility index (Phi) is 5.58. The number of anilines is 1. The molecule has 0 aliphatic carbocycles. The highest BCUT2D eigenvalue weighted by molar-refractivity contribution is 8.00. The van der Waals surface area contributed by atoms with Gasteiger partial charge in [0, 0.05) is 4.90 Å². The third kappa shape index (κ3) is 4.71. The molecule has 0 fully saturated rings. The first kappa shape index (κ1) is 15.8. The Hall–Kier alpha value is -1.60. The second-order valence-corrected chi connectivity index (χ2v) is 5.88. The standard InChI is InChI=1S/C14H12F2N2OS2/c1-20-14-5-2-9(7-17-14)18-13(19)8-21-10-3-4-11(15)12(16)6-10/h2-7H,8H2,1H3,(H,18,19). The normalized spacial score (nSPS) is 10.4. The Morgan fingerprint density at radius 3 is 2.67 bits per heavy atom. The number of hydrogen-bond donors (Lipinski definition) is 1. The Balaban J connectivity index is 1.87. The lowest BCUT2D eigenvalue weighted by molar-refractivity contribution is -0.113. The van der Waals surface area contributed by atoms with E-state index in [1.807, 2.05) is 12.3 Å². The highest BCUT2D eigenvalue weighted by atomic mass is 32.2. The van der Waals surface area contributed by atoms with Crippen LogP contribution in [-0.2, 0) is 4.79 Å². The van der Waals surface area contributed by atoms with Crippen LogP contribution in [0.25, 0.3) is 0 Å².